The summed E-state index contributed by atoms with van der Waals surface area (Å²) in [5.41, 5.74) is 2.69. The highest BCUT2D eigenvalue weighted by atomic mass is 16.2. The van der Waals surface area contributed by atoms with Gasteiger partial charge in [0.05, 0.1) is 0 Å². The average molecular weight is 265 g/mol. The molecule has 4 heteroatoms. The molecular formula is C16H15N3O. The number of benzene rings is 1. The van der Waals surface area contributed by atoms with Crippen LogP contribution in [0.5, 0.6) is 0 Å². The molecule has 0 atom stereocenters. The Labute approximate surface area is 118 Å². The second-order valence-electron chi connectivity index (χ2n) is 4.86. The van der Waals surface area contributed by atoms with Gasteiger partial charge in [0.1, 0.15) is 11.5 Å². The van der Waals surface area contributed by atoms with Gasteiger partial charge in [0.15, 0.2) is 0 Å². The number of aliphatic imine (C=N–C) groups is 1. The lowest BCUT2D eigenvalue weighted by atomic mass is 10.1. The van der Waals surface area contributed by atoms with Gasteiger partial charge in [-0.2, -0.15) is 4.99 Å². The molecule has 2 heterocycles. The number of rotatable bonds is 2. The minimum Gasteiger partial charge on any atom is -0.378 e. The zero-order chi connectivity index (χ0) is 14.1. The lowest BCUT2D eigenvalue weighted by Crippen LogP contribution is -2.20. The van der Waals surface area contributed by atoms with Gasteiger partial charge in [0.25, 0.3) is 5.91 Å². The van der Waals surface area contributed by atoms with Crippen LogP contribution in [-0.2, 0) is 4.79 Å². The number of hydrogen-bond donors (Lipinski definition) is 0. The Kier molecular flexibility index (Phi) is 2.99. The molecule has 0 aliphatic carbocycles. The Morgan fingerprint density at radius 1 is 1.15 bits per heavy atom. The fourth-order valence-corrected chi connectivity index (χ4v) is 2.15. The van der Waals surface area contributed by atoms with E-state index in [4.69, 9.17) is 0 Å². The van der Waals surface area contributed by atoms with Crippen LogP contribution in [0.3, 0.4) is 0 Å². The molecule has 2 aliphatic rings. The van der Waals surface area contributed by atoms with Crippen molar-refractivity contribution < 1.29 is 4.79 Å². The van der Waals surface area contributed by atoms with Gasteiger partial charge in [-0.15, -0.1) is 0 Å². The smallest absolute Gasteiger partial charge is 0.295 e. The Balaban J connectivity index is 1.91. The van der Waals surface area contributed by atoms with E-state index in [1.54, 1.807) is 0 Å². The average Bonchev–Trinajstić information content (AvgIpc) is 2.76. The fourth-order valence-electron chi connectivity index (χ4n) is 2.15. The maximum Gasteiger partial charge on any atom is 0.295 e. The molecule has 0 spiro atoms. The van der Waals surface area contributed by atoms with E-state index in [0.717, 1.165) is 11.3 Å². The molecule has 1 amide bonds. The summed E-state index contributed by atoms with van der Waals surface area (Å²) in [6.45, 7) is 0. The third-order valence-electron chi connectivity index (χ3n) is 3.25. The van der Waals surface area contributed by atoms with Crippen molar-refractivity contribution in [2.75, 3.05) is 19.0 Å². The maximum atomic E-state index is 11.9. The van der Waals surface area contributed by atoms with Crippen LogP contribution in [-0.4, -0.2) is 30.7 Å². The zero-order valence-electron chi connectivity index (χ0n) is 11.4. The standard InChI is InChI=1S/C16H15N3O/c1-18(2)13-8-6-12(7-9-13)11-14-16(20)17-15-5-3-4-10-19(14)15/h3-11H,1-2H3. The van der Waals surface area contributed by atoms with Gasteiger partial charge in [-0.3, -0.25) is 9.69 Å². The predicted molar refractivity (Wildman–Crippen MR) is 81.3 cm³/mol. The summed E-state index contributed by atoms with van der Waals surface area (Å²) in [6, 6.07) is 8.05. The van der Waals surface area contributed by atoms with E-state index in [1.807, 2.05) is 78.7 Å². The number of nitrogens with zero attached hydrogens (tertiary/aromatic N) is 3. The zero-order valence-corrected chi connectivity index (χ0v) is 11.4. The maximum absolute atomic E-state index is 11.9. The molecule has 0 N–H and O–H groups in total. The first-order valence-corrected chi connectivity index (χ1v) is 6.41. The van der Waals surface area contributed by atoms with Crippen LogP contribution in [0.2, 0.25) is 0 Å². The van der Waals surface area contributed by atoms with E-state index in [0.29, 0.717) is 11.5 Å². The van der Waals surface area contributed by atoms with Gasteiger partial charge in [-0.1, -0.05) is 18.2 Å². The molecule has 0 saturated heterocycles. The number of amides is 1. The molecule has 0 unspecified atom stereocenters. The molecule has 20 heavy (non-hydrogen) atoms. The predicted octanol–water partition coefficient (Wildman–Crippen LogP) is 2.42. The molecule has 0 aromatic heterocycles. The van der Waals surface area contributed by atoms with Crippen molar-refractivity contribution in [3.63, 3.8) is 0 Å². The van der Waals surface area contributed by atoms with Crippen LogP contribution in [0.25, 0.3) is 6.08 Å². The number of hydrogen-bond acceptors (Lipinski definition) is 3. The van der Waals surface area contributed by atoms with E-state index < -0.39 is 0 Å². The monoisotopic (exact) mass is 265 g/mol. The van der Waals surface area contributed by atoms with Crippen molar-refractivity contribution in [2.45, 2.75) is 0 Å². The minimum absolute atomic E-state index is 0.201. The number of allylic oxidation sites excluding steroid dienone is 2. The molecule has 2 aliphatic heterocycles. The summed E-state index contributed by atoms with van der Waals surface area (Å²) in [4.78, 5) is 19.8. The van der Waals surface area contributed by atoms with E-state index in [2.05, 4.69) is 4.99 Å². The molecular weight excluding hydrogens is 250 g/mol. The van der Waals surface area contributed by atoms with Crippen LogP contribution in [0.1, 0.15) is 5.56 Å². The molecule has 0 fully saturated rings. The van der Waals surface area contributed by atoms with Gasteiger partial charge in [0, 0.05) is 26.0 Å². The molecule has 4 nitrogen and oxygen atoms in total. The number of amidine groups is 1. The summed E-state index contributed by atoms with van der Waals surface area (Å²) in [7, 11) is 4.00. The fraction of sp³-hybridized carbons (Fsp3) is 0.125. The van der Waals surface area contributed by atoms with Crippen LogP contribution >= 0.6 is 0 Å². The van der Waals surface area contributed by atoms with Crippen molar-refractivity contribution in [1.29, 1.82) is 0 Å². The van der Waals surface area contributed by atoms with E-state index >= 15 is 0 Å². The molecule has 1 aromatic carbocycles. The highest BCUT2D eigenvalue weighted by molar-refractivity contribution is 6.17. The second-order valence-corrected chi connectivity index (χ2v) is 4.86. The van der Waals surface area contributed by atoms with Gasteiger partial charge in [-0.05, 0) is 35.9 Å². The van der Waals surface area contributed by atoms with Crippen molar-refractivity contribution in [2.24, 2.45) is 4.99 Å². The summed E-state index contributed by atoms with van der Waals surface area (Å²) >= 11 is 0. The highest BCUT2D eigenvalue weighted by Crippen LogP contribution is 2.23. The SMILES string of the molecule is CN(C)c1ccc(C=C2C(=O)N=C3C=CC=CN23)cc1. The minimum atomic E-state index is -0.201. The molecule has 0 bridgehead atoms. The third kappa shape index (κ3) is 2.16. The van der Waals surface area contributed by atoms with Crippen LogP contribution < -0.4 is 4.90 Å². The Morgan fingerprint density at radius 2 is 1.90 bits per heavy atom. The van der Waals surface area contributed by atoms with Gasteiger partial charge in [-0.25, -0.2) is 0 Å². The lowest BCUT2D eigenvalue weighted by Gasteiger charge is -2.16. The van der Waals surface area contributed by atoms with E-state index in [9.17, 15) is 4.79 Å². The number of fused-ring (bicyclic) bond motifs is 1. The van der Waals surface area contributed by atoms with Gasteiger partial charge >= 0.3 is 0 Å². The number of carbonyl (C=O) groups excluding carboxylic acids is 1. The summed E-state index contributed by atoms with van der Waals surface area (Å²) in [5.74, 6) is 0.474. The van der Waals surface area contributed by atoms with Crippen LogP contribution in [0.4, 0.5) is 5.69 Å². The van der Waals surface area contributed by atoms with E-state index in [-0.39, 0.29) is 5.91 Å². The molecule has 1 aromatic rings. The van der Waals surface area contributed by atoms with Gasteiger partial charge < -0.3 is 4.90 Å². The highest BCUT2D eigenvalue weighted by Gasteiger charge is 2.27. The Hall–Kier alpha value is -2.62. The molecule has 0 radical (unpaired) electrons. The summed E-state index contributed by atoms with van der Waals surface area (Å²) < 4.78 is 0. The molecule has 0 saturated carbocycles. The normalized spacial score (nSPS) is 18.5. The largest absolute Gasteiger partial charge is 0.378 e. The van der Waals surface area contributed by atoms with Gasteiger partial charge in [0.2, 0.25) is 0 Å². The lowest BCUT2D eigenvalue weighted by molar-refractivity contribution is -0.114. The van der Waals surface area contributed by atoms with Crippen LogP contribution in [0.15, 0.2) is 59.4 Å². The molecule has 3 rings (SSSR count). The van der Waals surface area contributed by atoms with Crippen molar-refractivity contribution in [3.8, 4) is 0 Å². The second kappa shape index (κ2) is 4.81. The van der Waals surface area contributed by atoms with Crippen LogP contribution in [0, 0.1) is 0 Å². The van der Waals surface area contributed by atoms with Crippen molar-refractivity contribution in [1.82, 2.24) is 4.90 Å². The number of anilines is 1. The first-order chi connectivity index (χ1) is 9.65. The van der Waals surface area contributed by atoms with Crippen molar-refractivity contribution in [3.05, 3.63) is 60.0 Å². The number of carbonyl (C=O) groups is 1. The first kappa shape index (κ1) is 12.4. The third-order valence-corrected chi connectivity index (χ3v) is 3.25. The summed E-state index contributed by atoms with van der Waals surface area (Å²) in [5, 5.41) is 0. The first-order valence-electron chi connectivity index (χ1n) is 6.41. The quantitative estimate of drug-likeness (QED) is 0.770. The molecule has 100 valence electrons. The Bertz CT molecular complexity index is 663. The van der Waals surface area contributed by atoms with E-state index in [1.165, 1.54) is 0 Å². The Morgan fingerprint density at radius 3 is 2.60 bits per heavy atom. The summed E-state index contributed by atoms with van der Waals surface area (Å²) in [6.07, 6.45) is 9.30. The van der Waals surface area contributed by atoms with Crippen molar-refractivity contribution >= 4 is 23.5 Å². The topological polar surface area (TPSA) is 35.9 Å².